The summed E-state index contributed by atoms with van der Waals surface area (Å²) in [5.41, 5.74) is 0.793. The Morgan fingerprint density at radius 3 is 2.46 bits per heavy atom. The fraction of sp³-hybridized carbons (Fsp3) is 0.500. The molecule has 1 aromatic heterocycles. The van der Waals surface area contributed by atoms with Crippen molar-refractivity contribution in [3.8, 4) is 0 Å². The average molecular weight is 382 g/mol. The first-order valence-electron chi connectivity index (χ1n) is 10.1. The molecule has 3 amide bonds. The number of furan rings is 1. The van der Waals surface area contributed by atoms with E-state index in [9.17, 15) is 14.4 Å². The summed E-state index contributed by atoms with van der Waals surface area (Å²) in [7, 11) is 1.73. The molecule has 28 heavy (non-hydrogen) atoms. The van der Waals surface area contributed by atoms with Gasteiger partial charge in [-0.25, -0.2) is 0 Å². The zero-order valence-corrected chi connectivity index (χ0v) is 16.4. The number of para-hydroxylation sites is 1. The number of rotatable bonds is 5. The number of imide groups is 1. The Balaban J connectivity index is 1.39. The van der Waals surface area contributed by atoms with Crippen molar-refractivity contribution >= 4 is 28.7 Å². The highest BCUT2D eigenvalue weighted by atomic mass is 16.3. The lowest BCUT2D eigenvalue weighted by Gasteiger charge is -2.24. The van der Waals surface area contributed by atoms with Crippen LogP contribution in [-0.2, 0) is 14.4 Å². The van der Waals surface area contributed by atoms with E-state index in [1.165, 1.54) is 4.90 Å². The van der Waals surface area contributed by atoms with Crippen molar-refractivity contribution in [1.82, 2.24) is 9.80 Å². The van der Waals surface area contributed by atoms with Gasteiger partial charge in [-0.3, -0.25) is 19.3 Å². The Bertz CT molecular complexity index is 861. The normalized spacial score (nSPS) is 23.1. The van der Waals surface area contributed by atoms with E-state index in [1.54, 1.807) is 11.9 Å². The molecule has 1 aliphatic carbocycles. The first kappa shape index (κ1) is 18.7. The monoisotopic (exact) mass is 382 g/mol. The van der Waals surface area contributed by atoms with E-state index >= 15 is 0 Å². The third kappa shape index (κ3) is 3.21. The van der Waals surface area contributed by atoms with Gasteiger partial charge in [0, 0.05) is 25.4 Å². The summed E-state index contributed by atoms with van der Waals surface area (Å²) in [6.07, 6.45) is 3.73. The molecule has 2 heterocycles. The molecule has 1 aromatic carbocycles. The van der Waals surface area contributed by atoms with Crippen LogP contribution in [-0.4, -0.2) is 41.1 Å². The minimum Gasteiger partial charge on any atom is -0.459 e. The molecule has 6 heteroatoms. The van der Waals surface area contributed by atoms with E-state index in [0.29, 0.717) is 0 Å². The van der Waals surface area contributed by atoms with E-state index in [0.717, 1.165) is 42.4 Å². The first-order valence-corrected chi connectivity index (χ1v) is 10.1. The molecule has 0 bridgehead atoms. The highest BCUT2D eigenvalue weighted by Crippen LogP contribution is 2.38. The van der Waals surface area contributed by atoms with Crippen molar-refractivity contribution < 1.29 is 18.8 Å². The Hall–Kier alpha value is -2.63. The summed E-state index contributed by atoms with van der Waals surface area (Å²) in [5, 5.41) is 1.00. The SMILES string of the molecule is CC(c1cc2ccccc2o1)N(C)C(=O)CCN1C(=O)C2CCCCC2C1=O. The van der Waals surface area contributed by atoms with Crippen LogP contribution in [0, 0.1) is 11.8 Å². The second-order valence-electron chi connectivity index (χ2n) is 7.94. The summed E-state index contributed by atoms with van der Waals surface area (Å²) in [5.74, 6) is 0.109. The molecule has 148 valence electrons. The van der Waals surface area contributed by atoms with Crippen molar-refractivity contribution in [1.29, 1.82) is 0 Å². The molecule has 0 N–H and O–H groups in total. The first-order chi connectivity index (χ1) is 13.5. The second-order valence-corrected chi connectivity index (χ2v) is 7.94. The van der Waals surface area contributed by atoms with Crippen molar-refractivity contribution in [2.45, 2.75) is 45.1 Å². The van der Waals surface area contributed by atoms with Crippen LogP contribution >= 0.6 is 0 Å². The quantitative estimate of drug-likeness (QED) is 0.742. The average Bonchev–Trinajstić information content (AvgIpc) is 3.25. The van der Waals surface area contributed by atoms with E-state index in [4.69, 9.17) is 4.42 Å². The highest BCUT2D eigenvalue weighted by molar-refractivity contribution is 6.05. The predicted octanol–water partition coefficient (Wildman–Crippen LogP) is 3.52. The summed E-state index contributed by atoms with van der Waals surface area (Å²) < 4.78 is 5.86. The maximum Gasteiger partial charge on any atom is 0.233 e. The molecule has 1 saturated heterocycles. The third-order valence-corrected chi connectivity index (χ3v) is 6.31. The van der Waals surface area contributed by atoms with Gasteiger partial charge in [-0.2, -0.15) is 0 Å². The number of nitrogens with zero attached hydrogens (tertiary/aromatic N) is 2. The number of hydrogen-bond donors (Lipinski definition) is 0. The van der Waals surface area contributed by atoms with Gasteiger partial charge in [0.25, 0.3) is 0 Å². The van der Waals surface area contributed by atoms with Crippen LogP contribution in [0.1, 0.15) is 50.8 Å². The largest absolute Gasteiger partial charge is 0.459 e. The Morgan fingerprint density at radius 1 is 1.18 bits per heavy atom. The Kier molecular flexibility index (Phi) is 4.96. The van der Waals surface area contributed by atoms with Gasteiger partial charge in [0.1, 0.15) is 11.3 Å². The lowest BCUT2D eigenvalue weighted by Crippen LogP contribution is -2.36. The molecule has 3 atom stereocenters. The fourth-order valence-electron chi connectivity index (χ4n) is 4.45. The van der Waals surface area contributed by atoms with Crippen molar-refractivity contribution in [2.75, 3.05) is 13.6 Å². The van der Waals surface area contributed by atoms with Crippen LogP contribution in [0.4, 0.5) is 0 Å². The van der Waals surface area contributed by atoms with Crippen LogP contribution in [0.2, 0.25) is 0 Å². The molecule has 2 aromatic rings. The smallest absolute Gasteiger partial charge is 0.233 e. The lowest BCUT2D eigenvalue weighted by molar-refractivity contribution is -0.141. The Labute approximate surface area is 164 Å². The zero-order chi connectivity index (χ0) is 19.8. The highest BCUT2D eigenvalue weighted by Gasteiger charge is 2.47. The summed E-state index contributed by atoms with van der Waals surface area (Å²) in [6.45, 7) is 2.08. The Morgan fingerprint density at radius 2 is 1.82 bits per heavy atom. The van der Waals surface area contributed by atoms with Gasteiger partial charge < -0.3 is 9.32 Å². The topological polar surface area (TPSA) is 70.8 Å². The summed E-state index contributed by atoms with van der Waals surface area (Å²) in [4.78, 5) is 40.7. The van der Waals surface area contributed by atoms with Gasteiger partial charge >= 0.3 is 0 Å². The molecule has 0 spiro atoms. The molecule has 6 nitrogen and oxygen atoms in total. The molecule has 0 radical (unpaired) electrons. The molecule has 1 aliphatic heterocycles. The lowest BCUT2D eigenvalue weighted by atomic mass is 9.81. The van der Waals surface area contributed by atoms with Gasteiger partial charge in [-0.1, -0.05) is 31.0 Å². The molecule has 2 aliphatic rings. The molecule has 2 fully saturated rings. The number of carbonyl (C=O) groups is 3. The molecular formula is C22H26N2O4. The van der Waals surface area contributed by atoms with Crippen molar-refractivity contribution in [3.63, 3.8) is 0 Å². The van der Waals surface area contributed by atoms with Crippen LogP contribution in [0.3, 0.4) is 0 Å². The van der Waals surface area contributed by atoms with Gasteiger partial charge in [0.2, 0.25) is 17.7 Å². The van der Waals surface area contributed by atoms with E-state index < -0.39 is 0 Å². The van der Waals surface area contributed by atoms with E-state index in [1.807, 2.05) is 37.3 Å². The standard InChI is InChI=1S/C22H26N2O4/c1-14(19-13-15-7-3-6-10-18(15)28-19)23(2)20(25)11-12-24-21(26)16-8-4-5-9-17(16)22(24)27/h3,6-7,10,13-14,16-17H,4-5,8-9,11-12H2,1-2H3. The minimum atomic E-state index is -0.229. The number of hydrogen-bond acceptors (Lipinski definition) is 4. The van der Waals surface area contributed by atoms with Crippen LogP contribution < -0.4 is 0 Å². The van der Waals surface area contributed by atoms with Crippen LogP contribution in [0.5, 0.6) is 0 Å². The molecule has 4 rings (SSSR count). The maximum atomic E-state index is 12.7. The van der Waals surface area contributed by atoms with Gasteiger partial charge in [0.15, 0.2) is 0 Å². The molecule has 1 saturated carbocycles. The van der Waals surface area contributed by atoms with Crippen molar-refractivity contribution in [3.05, 3.63) is 36.1 Å². The molecular weight excluding hydrogens is 356 g/mol. The zero-order valence-electron chi connectivity index (χ0n) is 16.4. The van der Waals surface area contributed by atoms with Gasteiger partial charge in [-0.15, -0.1) is 0 Å². The number of carbonyl (C=O) groups excluding carboxylic acids is 3. The minimum absolute atomic E-state index is 0.0875. The predicted molar refractivity (Wildman–Crippen MR) is 104 cm³/mol. The fourth-order valence-corrected chi connectivity index (χ4v) is 4.45. The van der Waals surface area contributed by atoms with Crippen LogP contribution in [0.25, 0.3) is 11.0 Å². The number of likely N-dealkylation sites (tertiary alicyclic amines) is 1. The van der Waals surface area contributed by atoms with Gasteiger partial charge in [-0.05, 0) is 31.9 Å². The molecule has 3 unspecified atom stereocenters. The number of benzene rings is 1. The second kappa shape index (κ2) is 7.41. The van der Waals surface area contributed by atoms with Crippen LogP contribution in [0.15, 0.2) is 34.7 Å². The van der Waals surface area contributed by atoms with Gasteiger partial charge in [0.05, 0.1) is 17.9 Å². The summed E-state index contributed by atoms with van der Waals surface area (Å²) >= 11 is 0. The van der Waals surface area contributed by atoms with Crippen molar-refractivity contribution in [2.24, 2.45) is 11.8 Å². The third-order valence-electron chi connectivity index (χ3n) is 6.31. The maximum absolute atomic E-state index is 12.7. The number of amides is 3. The van der Waals surface area contributed by atoms with E-state index in [2.05, 4.69) is 0 Å². The van der Waals surface area contributed by atoms with E-state index in [-0.39, 0.29) is 48.6 Å². The summed E-state index contributed by atoms with van der Waals surface area (Å²) in [6, 6.07) is 9.45. The number of fused-ring (bicyclic) bond motifs is 2.